The summed E-state index contributed by atoms with van der Waals surface area (Å²) >= 11 is 1.50. The zero-order valence-electron chi connectivity index (χ0n) is 21.4. The van der Waals surface area contributed by atoms with Crippen LogP contribution >= 0.6 is 11.8 Å². The first-order valence-corrected chi connectivity index (χ1v) is 13.2. The highest BCUT2D eigenvalue weighted by Gasteiger charge is 2.37. The Morgan fingerprint density at radius 3 is 2.62 bits per heavy atom. The van der Waals surface area contributed by atoms with Crippen molar-refractivity contribution in [3.8, 4) is 11.5 Å². The van der Waals surface area contributed by atoms with Gasteiger partial charge in [0.05, 0.1) is 30.5 Å². The van der Waals surface area contributed by atoms with Crippen LogP contribution in [0.1, 0.15) is 44.9 Å². The maximum atomic E-state index is 12.9. The lowest BCUT2D eigenvalue weighted by molar-refractivity contribution is -0.139. The Labute approximate surface area is 221 Å². The molecule has 194 valence electrons. The molecule has 2 aliphatic rings. The van der Waals surface area contributed by atoms with Gasteiger partial charge in [-0.2, -0.15) is 0 Å². The van der Waals surface area contributed by atoms with Gasteiger partial charge in [0, 0.05) is 11.9 Å². The number of carbonyl (C=O) groups excluding carboxylic acids is 2. The average molecular weight is 522 g/mol. The largest absolute Gasteiger partial charge is 0.490 e. The fraction of sp³-hybridized carbons (Fsp3) is 0.321. The Balaban J connectivity index is 1.58. The van der Waals surface area contributed by atoms with Gasteiger partial charge in [-0.05, 0) is 61.9 Å². The molecule has 0 radical (unpaired) electrons. The molecule has 1 atom stereocenters. The summed E-state index contributed by atoms with van der Waals surface area (Å²) in [5.74, 6) is 0.268. The van der Waals surface area contributed by atoms with E-state index >= 15 is 0 Å². The van der Waals surface area contributed by atoms with Crippen LogP contribution < -0.4 is 14.8 Å². The summed E-state index contributed by atoms with van der Waals surface area (Å²) in [6.07, 6.45) is 2.72. The number of carbonyl (C=O) groups is 2. The van der Waals surface area contributed by atoms with E-state index in [0.29, 0.717) is 29.4 Å². The number of nitrogens with zero attached hydrogens (tertiary/aromatic N) is 2. The molecule has 9 heteroatoms. The number of thioether (sulfide) groups is 1. The number of ether oxygens (including phenoxy) is 3. The van der Waals surface area contributed by atoms with Gasteiger partial charge in [0.25, 0.3) is 5.91 Å². The monoisotopic (exact) mass is 521 g/mol. The molecular weight excluding hydrogens is 490 g/mol. The molecule has 1 amide bonds. The quantitative estimate of drug-likeness (QED) is 0.417. The van der Waals surface area contributed by atoms with Crippen LogP contribution in [0, 0.1) is 0 Å². The van der Waals surface area contributed by atoms with Crippen molar-refractivity contribution in [1.82, 2.24) is 4.90 Å². The molecule has 4 rings (SSSR count). The number of para-hydroxylation sites is 1. The van der Waals surface area contributed by atoms with Crippen LogP contribution in [-0.2, 0) is 20.7 Å². The molecule has 0 spiro atoms. The lowest BCUT2D eigenvalue weighted by Gasteiger charge is -2.33. The zero-order chi connectivity index (χ0) is 26.4. The van der Waals surface area contributed by atoms with Crippen molar-refractivity contribution in [2.75, 3.05) is 25.1 Å². The summed E-state index contributed by atoms with van der Waals surface area (Å²) in [6.45, 7) is 8.03. The number of nitrogens with one attached hydrogen (secondary N) is 1. The first-order valence-electron chi connectivity index (χ1n) is 12.3. The van der Waals surface area contributed by atoms with Crippen molar-refractivity contribution in [3.63, 3.8) is 0 Å². The Morgan fingerprint density at radius 1 is 1.05 bits per heavy atom. The van der Waals surface area contributed by atoms with Crippen LogP contribution in [-0.4, -0.2) is 41.8 Å². The van der Waals surface area contributed by atoms with Crippen LogP contribution in [0.25, 0.3) is 0 Å². The maximum Gasteiger partial charge on any atom is 0.338 e. The van der Waals surface area contributed by atoms with E-state index < -0.39 is 12.0 Å². The van der Waals surface area contributed by atoms with Gasteiger partial charge in [-0.25, -0.2) is 9.79 Å². The molecule has 1 N–H and O–H groups in total. The van der Waals surface area contributed by atoms with E-state index in [9.17, 15) is 9.59 Å². The van der Waals surface area contributed by atoms with E-state index in [4.69, 9.17) is 14.2 Å². The lowest BCUT2D eigenvalue weighted by Crippen LogP contribution is -2.34. The Morgan fingerprint density at radius 2 is 1.86 bits per heavy atom. The van der Waals surface area contributed by atoms with E-state index in [1.807, 2.05) is 73.7 Å². The molecule has 2 aromatic carbocycles. The van der Waals surface area contributed by atoms with Crippen molar-refractivity contribution < 1.29 is 23.8 Å². The van der Waals surface area contributed by atoms with E-state index in [-0.39, 0.29) is 19.1 Å². The first-order chi connectivity index (χ1) is 18.0. The number of aryl methyl sites for hydroxylation is 1. The second kappa shape index (κ2) is 12.0. The second-order valence-corrected chi connectivity index (χ2v) is 9.19. The number of aliphatic imine (C=N–C) groups is 1. The molecular formula is C28H31N3O5S. The van der Waals surface area contributed by atoms with Gasteiger partial charge in [-0.1, -0.05) is 43.0 Å². The number of rotatable bonds is 10. The Kier molecular flexibility index (Phi) is 8.55. The zero-order valence-corrected chi connectivity index (χ0v) is 22.3. The predicted molar refractivity (Wildman–Crippen MR) is 146 cm³/mol. The number of anilines is 1. The summed E-state index contributed by atoms with van der Waals surface area (Å²) in [5.41, 5.74) is 3.74. The molecule has 0 saturated carbocycles. The van der Waals surface area contributed by atoms with Crippen molar-refractivity contribution >= 4 is 34.5 Å². The molecule has 0 fully saturated rings. The minimum Gasteiger partial charge on any atom is -0.490 e. The molecule has 0 unspecified atom stereocenters. The molecule has 0 saturated heterocycles. The third kappa shape index (κ3) is 5.83. The van der Waals surface area contributed by atoms with Gasteiger partial charge >= 0.3 is 5.97 Å². The number of amidine groups is 1. The smallest absolute Gasteiger partial charge is 0.338 e. The number of hydrogen-bond acceptors (Lipinski definition) is 8. The molecule has 0 aliphatic carbocycles. The summed E-state index contributed by atoms with van der Waals surface area (Å²) in [6, 6.07) is 12.8. The molecule has 37 heavy (non-hydrogen) atoms. The normalized spacial score (nSPS) is 16.3. The standard InChI is InChI=1S/C28H31N3O5S/c1-5-19-10-8-9-11-21(19)30-24(32)17-36-22-13-12-20(16-23(22)34-6-2)26-25(27(33)35-7-3)18(4)29-28-31(26)14-15-37-28/h8-16,26H,5-7,17H2,1-4H3,(H,30,32)/t26-/m0/s1. The summed E-state index contributed by atoms with van der Waals surface area (Å²) < 4.78 is 17.1. The highest BCUT2D eigenvalue weighted by Crippen LogP contribution is 2.43. The molecule has 2 aliphatic heterocycles. The van der Waals surface area contributed by atoms with Crippen LogP contribution in [0.2, 0.25) is 0 Å². The van der Waals surface area contributed by atoms with Crippen molar-refractivity contribution in [2.45, 2.75) is 40.2 Å². The average Bonchev–Trinajstić information content (AvgIpc) is 3.35. The number of esters is 1. The van der Waals surface area contributed by atoms with Gasteiger partial charge in [0.15, 0.2) is 23.3 Å². The number of hydrogen-bond donors (Lipinski definition) is 1. The SMILES string of the molecule is CCOC(=O)C1=C(C)N=C2SC=CN2[C@H]1c1ccc(OCC(=O)Nc2ccccc2CC)c(OCC)c1. The number of benzene rings is 2. The molecule has 0 aromatic heterocycles. The second-order valence-electron chi connectivity index (χ2n) is 8.31. The van der Waals surface area contributed by atoms with Crippen LogP contribution in [0.15, 0.2) is 70.3 Å². The maximum absolute atomic E-state index is 12.9. The topological polar surface area (TPSA) is 89.5 Å². The van der Waals surface area contributed by atoms with Crippen molar-refractivity contribution in [3.05, 3.63) is 76.5 Å². The summed E-state index contributed by atoms with van der Waals surface area (Å²) in [4.78, 5) is 32.1. The Bertz CT molecular complexity index is 1270. The summed E-state index contributed by atoms with van der Waals surface area (Å²) in [7, 11) is 0. The van der Waals surface area contributed by atoms with E-state index in [1.165, 1.54) is 11.8 Å². The fourth-order valence-corrected chi connectivity index (χ4v) is 5.05. The third-order valence-electron chi connectivity index (χ3n) is 5.93. The molecule has 2 aromatic rings. The minimum absolute atomic E-state index is 0.170. The van der Waals surface area contributed by atoms with Crippen LogP contribution in [0.5, 0.6) is 11.5 Å². The minimum atomic E-state index is -0.431. The summed E-state index contributed by atoms with van der Waals surface area (Å²) in [5, 5.41) is 5.64. The van der Waals surface area contributed by atoms with Gasteiger partial charge < -0.3 is 24.4 Å². The van der Waals surface area contributed by atoms with Gasteiger partial charge in [0.2, 0.25) is 0 Å². The molecule has 8 nitrogen and oxygen atoms in total. The lowest BCUT2D eigenvalue weighted by atomic mass is 9.94. The van der Waals surface area contributed by atoms with E-state index in [0.717, 1.165) is 28.4 Å². The van der Waals surface area contributed by atoms with Crippen LogP contribution in [0.3, 0.4) is 0 Å². The van der Waals surface area contributed by atoms with Crippen molar-refractivity contribution in [2.24, 2.45) is 4.99 Å². The number of fused-ring (bicyclic) bond motifs is 1. The Hall–Kier alpha value is -3.72. The highest BCUT2D eigenvalue weighted by atomic mass is 32.2. The fourth-order valence-electron chi connectivity index (χ4n) is 4.26. The van der Waals surface area contributed by atoms with Gasteiger partial charge in [0.1, 0.15) is 0 Å². The molecule has 2 heterocycles. The molecule has 0 bridgehead atoms. The number of amides is 1. The van der Waals surface area contributed by atoms with Gasteiger partial charge in [-0.3, -0.25) is 4.79 Å². The predicted octanol–water partition coefficient (Wildman–Crippen LogP) is 5.43. The van der Waals surface area contributed by atoms with Crippen molar-refractivity contribution in [1.29, 1.82) is 0 Å². The number of allylic oxidation sites excluding steroid dienone is 1. The third-order valence-corrected chi connectivity index (χ3v) is 6.70. The van der Waals surface area contributed by atoms with E-state index in [1.54, 1.807) is 13.0 Å². The highest BCUT2D eigenvalue weighted by molar-refractivity contribution is 8.16. The van der Waals surface area contributed by atoms with Gasteiger partial charge in [-0.15, -0.1) is 0 Å². The van der Waals surface area contributed by atoms with Crippen LogP contribution in [0.4, 0.5) is 5.69 Å². The van der Waals surface area contributed by atoms with E-state index in [2.05, 4.69) is 10.3 Å². The first kappa shape index (κ1) is 26.3.